The summed E-state index contributed by atoms with van der Waals surface area (Å²) in [4.78, 5) is 24.4. The van der Waals surface area contributed by atoms with Crippen molar-refractivity contribution in [2.24, 2.45) is 0 Å². The van der Waals surface area contributed by atoms with Gasteiger partial charge in [-0.25, -0.2) is 4.79 Å². The predicted octanol–water partition coefficient (Wildman–Crippen LogP) is 3.85. The lowest BCUT2D eigenvalue weighted by atomic mass is 9.72. The van der Waals surface area contributed by atoms with Crippen molar-refractivity contribution >= 4 is 22.7 Å². The summed E-state index contributed by atoms with van der Waals surface area (Å²) in [6.07, 6.45) is 0. The minimum absolute atomic E-state index is 0.0567. The molecule has 2 aromatic carbocycles. The SMILES string of the molecule is COC(=O)COc1ccc2c(c1)C(C)(C)c1oc3ccccc3c1C2=O. The molecular weight excluding hydrogens is 332 g/mol. The van der Waals surface area contributed by atoms with Crippen molar-refractivity contribution in [3.63, 3.8) is 0 Å². The topological polar surface area (TPSA) is 65.7 Å². The van der Waals surface area contributed by atoms with Crippen molar-refractivity contribution in [3.8, 4) is 5.75 Å². The van der Waals surface area contributed by atoms with Crippen LogP contribution in [0.4, 0.5) is 0 Å². The van der Waals surface area contributed by atoms with E-state index in [1.165, 1.54) is 7.11 Å². The van der Waals surface area contributed by atoms with Crippen LogP contribution in [-0.4, -0.2) is 25.5 Å². The summed E-state index contributed by atoms with van der Waals surface area (Å²) >= 11 is 0. The van der Waals surface area contributed by atoms with E-state index in [1.54, 1.807) is 18.2 Å². The second-order valence-electron chi connectivity index (χ2n) is 6.83. The van der Waals surface area contributed by atoms with Crippen molar-refractivity contribution in [2.45, 2.75) is 19.3 Å². The van der Waals surface area contributed by atoms with E-state index in [9.17, 15) is 9.59 Å². The molecule has 1 heterocycles. The number of carbonyl (C=O) groups is 2. The highest BCUT2D eigenvalue weighted by Crippen LogP contribution is 2.46. The first kappa shape index (κ1) is 16.4. The number of esters is 1. The molecule has 132 valence electrons. The lowest BCUT2D eigenvalue weighted by molar-refractivity contribution is -0.142. The van der Waals surface area contributed by atoms with Crippen molar-refractivity contribution < 1.29 is 23.5 Å². The molecule has 1 aromatic heterocycles. The van der Waals surface area contributed by atoms with Crippen LogP contribution >= 0.6 is 0 Å². The van der Waals surface area contributed by atoms with Crippen LogP contribution < -0.4 is 4.74 Å². The third-order valence-corrected chi connectivity index (χ3v) is 4.88. The fourth-order valence-electron chi connectivity index (χ4n) is 3.50. The molecule has 5 nitrogen and oxygen atoms in total. The van der Waals surface area contributed by atoms with Crippen LogP contribution in [-0.2, 0) is 14.9 Å². The number of furan rings is 1. The van der Waals surface area contributed by atoms with E-state index in [-0.39, 0.29) is 12.4 Å². The van der Waals surface area contributed by atoms with Gasteiger partial charge in [0.2, 0.25) is 0 Å². The number of hydrogen-bond acceptors (Lipinski definition) is 5. The summed E-state index contributed by atoms with van der Waals surface area (Å²) in [5.41, 5.74) is 2.26. The Morgan fingerprint density at radius 3 is 2.69 bits per heavy atom. The van der Waals surface area contributed by atoms with Gasteiger partial charge < -0.3 is 13.9 Å². The Hall–Kier alpha value is -3.08. The van der Waals surface area contributed by atoms with E-state index in [1.807, 2.05) is 38.1 Å². The smallest absolute Gasteiger partial charge is 0.343 e. The largest absolute Gasteiger partial charge is 0.482 e. The Morgan fingerprint density at radius 2 is 1.92 bits per heavy atom. The van der Waals surface area contributed by atoms with Crippen LogP contribution in [0.2, 0.25) is 0 Å². The van der Waals surface area contributed by atoms with Gasteiger partial charge in [-0.1, -0.05) is 18.2 Å². The van der Waals surface area contributed by atoms with Crippen LogP contribution in [0.15, 0.2) is 46.9 Å². The fraction of sp³-hybridized carbons (Fsp3) is 0.238. The molecule has 1 aliphatic rings. The van der Waals surface area contributed by atoms with Crippen molar-refractivity contribution in [1.82, 2.24) is 0 Å². The minimum Gasteiger partial charge on any atom is -0.482 e. The van der Waals surface area contributed by atoms with Crippen LogP contribution in [0.3, 0.4) is 0 Å². The Bertz CT molecular complexity index is 1040. The fourth-order valence-corrected chi connectivity index (χ4v) is 3.50. The Labute approximate surface area is 150 Å². The lowest BCUT2D eigenvalue weighted by Gasteiger charge is -2.30. The number of carbonyl (C=O) groups excluding carboxylic acids is 2. The molecule has 0 unspecified atom stereocenters. The minimum atomic E-state index is -0.512. The molecule has 0 bridgehead atoms. The summed E-state index contributed by atoms with van der Waals surface area (Å²) in [6.45, 7) is 3.85. The van der Waals surface area contributed by atoms with E-state index in [2.05, 4.69) is 4.74 Å². The van der Waals surface area contributed by atoms with Crippen molar-refractivity contribution in [2.75, 3.05) is 13.7 Å². The van der Waals surface area contributed by atoms with Gasteiger partial charge in [-0.15, -0.1) is 0 Å². The molecule has 0 atom stereocenters. The van der Waals surface area contributed by atoms with Crippen LogP contribution in [0.5, 0.6) is 5.75 Å². The van der Waals surface area contributed by atoms with Gasteiger partial charge in [-0.2, -0.15) is 0 Å². The molecule has 1 aliphatic carbocycles. The highest BCUT2D eigenvalue weighted by molar-refractivity contribution is 6.19. The van der Waals surface area contributed by atoms with E-state index >= 15 is 0 Å². The maximum absolute atomic E-state index is 13.1. The molecule has 4 rings (SSSR count). The Balaban J connectivity index is 1.83. The third-order valence-electron chi connectivity index (χ3n) is 4.88. The molecule has 0 saturated carbocycles. The number of methoxy groups -OCH3 is 1. The number of para-hydroxylation sites is 1. The number of ketones is 1. The average molecular weight is 350 g/mol. The van der Waals surface area contributed by atoms with Gasteiger partial charge in [-0.05, 0) is 43.7 Å². The van der Waals surface area contributed by atoms with Gasteiger partial charge in [0, 0.05) is 16.4 Å². The quantitative estimate of drug-likeness (QED) is 0.671. The van der Waals surface area contributed by atoms with E-state index in [0.717, 1.165) is 10.9 Å². The second-order valence-corrected chi connectivity index (χ2v) is 6.83. The predicted molar refractivity (Wildman–Crippen MR) is 95.7 cm³/mol. The van der Waals surface area contributed by atoms with E-state index in [4.69, 9.17) is 9.15 Å². The van der Waals surface area contributed by atoms with Crippen LogP contribution in [0.25, 0.3) is 11.0 Å². The van der Waals surface area contributed by atoms with Crippen LogP contribution in [0, 0.1) is 0 Å². The maximum Gasteiger partial charge on any atom is 0.343 e. The first-order valence-electron chi connectivity index (χ1n) is 8.34. The summed E-state index contributed by atoms with van der Waals surface area (Å²) in [5.74, 6) is 0.646. The number of fused-ring (bicyclic) bond motifs is 4. The van der Waals surface area contributed by atoms with Crippen molar-refractivity contribution in [1.29, 1.82) is 0 Å². The first-order valence-corrected chi connectivity index (χ1v) is 8.34. The number of benzene rings is 2. The lowest BCUT2D eigenvalue weighted by Crippen LogP contribution is -2.29. The van der Waals surface area contributed by atoms with E-state index < -0.39 is 11.4 Å². The molecule has 0 saturated heterocycles. The summed E-state index contributed by atoms with van der Waals surface area (Å²) < 4.78 is 16.1. The van der Waals surface area contributed by atoms with Gasteiger partial charge >= 0.3 is 5.97 Å². The standard InChI is InChI=1S/C21H18O5/c1-21(2)15-10-12(25-11-17(22)24-3)8-9-13(15)19(23)18-14-6-4-5-7-16(14)26-20(18)21/h4-10H,11H2,1-3H3. The van der Waals surface area contributed by atoms with Gasteiger partial charge in [0.05, 0.1) is 12.7 Å². The zero-order valence-corrected chi connectivity index (χ0v) is 14.8. The zero-order valence-electron chi connectivity index (χ0n) is 14.8. The summed E-state index contributed by atoms with van der Waals surface area (Å²) in [5, 5.41) is 0.831. The molecular formula is C21H18O5. The van der Waals surface area contributed by atoms with E-state index in [0.29, 0.717) is 28.2 Å². The monoisotopic (exact) mass is 350 g/mol. The average Bonchev–Trinajstić information content (AvgIpc) is 3.05. The van der Waals surface area contributed by atoms with Gasteiger partial charge in [0.15, 0.2) is 12.4 Å². The van der Waals surface area contributed by atoms with Gasteiger partial charge in [-0.3, -0.25) is 4.79 Å². The second kappa shape index (κ2) is 5.73. The molecule has 0 fully saturated rings. The van der Waals surface area contributed by atoms with Crippen molar-refractivity contribution in [3.05, 3.63) is 64.9 Å². The van der Waals surface area contributed by atoms with Crippen LogP contribution in [0.1, 0.15) is 41.1 Å². The molecule has 5 heteroatoms. The Morgan fingerprint density at radius 1 is 1.15 bits per heavy atom. The maximum atomic E-state index is 13.1. The van der Waals surface area contributed by atoms with Gasteiger partial charge in [0.25, 0.3) is 0 Å². The summed E-state index contributed by atoms with van der Waals surface area (Å²) in [6, 6.07) is 12.8. The highest BCUT2D eigenvalue weighted by atomic mass is 16.6. The highest BCUT2D eigenvalue weighted by Gasteiger charge is 2.41. The number of hydrogen-bond donors (Lipinski definition) is 0. The molecule has 0 N–H and O–H groups in total. The number of rotatable bonds is 3. The summed E-state index contributed by atoms with van der Waals surface area (Å²) in [7, 11) is 1.31. The molecule has 0 aliphatic heterocycles. The molecule has 3 aromatic rings. The first-order chi connectivity index (χ1) is 12.4. The molecule has 0 amide bonds. The third kappa shape index (κ3) is 2.31. The molecule has 0 radical (unpaired) electrons. The Kier molecular flexibility index (Phi) is 3.61. The van der Waals surface area contributed by atoms with Gasteiger partial charge in [0.1, 0.15) is 17.1 Å². The molecule has 26 heavy (non-hydrogen) atoms. The zero-order chi connectivity index (χ0) is 18.5. The number of ether oxygens (including phenoxy) is 2. The normalized spacial score (nSPS) is 14.7. The molecule has 0 spiro atoms.